The van der Waals surface area contributed by atoms with Gasteiger partial charge in [-0.1, -0.05) is 101 Å². The van der Waals surface area contributed by atoms with Gasteiger partial charge in [-0.25, -0.2) is 78.0 Å². The number of nitrogens with zero attached hydrogens (tertiary/aromatic N) is 6. The number of hydrogen-bond donors (Lipinski definition) is 2. The van der Waals surface area contributed by atoms with Crippen molar-refractivity contribution in [2.45, 2.75) is 165 Å². The summed E-state index contributed by atoms with van der Waals surface area (Å²) in [6, 6.07) is 33.9. The van der Waals surface area contributed by atoms with Crippen LogP contribution in [-0.4, -0.2) is 116 Å². The maximum absolute atomic E-state index is 15.0. The average molecular weight is 1430 g/mol. The highest BCUT2D eigenvalue weighted by Crippen LogP contribution is 2.42. The molecule has 0 spiro atoms. The number of carbonyl (C=O) groups excluding carboxylic acids is 3. The Hall–Kier alpha value is -9.89. The van der Waals surface area contributed by atoms with Crippen molar-refractivity contribution in [3.8, 4) is 45.6 Å². The molecule has 0 radical (unpaired) electrons. The summed E-state index contributed by atoms with van der Waals surface area (Å²) >= 11 is 0. The molecule has 0 saturated carbocycles. The molecule has 0 fully saturated rings. The largest absolute Gasteiger partial charge is 0.459 e. The van der Waals surface area contributed by atoms with Crippen LogP contribution < -0.4 is 0 Å². The van der Waals surface area contributed by atoms with E-state index in [1.54, 1.807) is 47.6 Å². The van der Waals surface area contributed by atoms with E-state index < -0.39 is 75.6 Å². The van der Waals surface area contributed by atoms with Crippen molar-refractivity contribution in [3.05, 3.63) is 162 Å². The molecule has 10 aromatic rings. The number of sulfone groups is 4. The normalized spacial score (nSPS) is 12.5. The number of unbranched alkanes of at least 4 members (excludes halogenated alkanes) is 9. The Morgan fingerprint density at radius 3 is 1.04 bits per heavy atom. The van der Waals surface area contributed by atoms with Gasteiger partial charge in [0.25, 0.3) is 0 Å². The molecular weight excluding hydrogens is 1350 g/mol. The summed E-state index contributed by atoms with van der Waals surface area (Å²) in [5.41, 5.74) is 0.226. The molecule has 5 heterocycles. The second-order valence-electron chi connectivity index (χ2n) is 25.3. The highest BCUT2D eigenvalue weighted by Gasteiger charge is 2.33. The van der Waals surface area contributed by atoms with E-state index in [4.69, 9.17) is 44.1 Å². The number of hydrogen-bond acceptors (Lipinski definition) is 20. The number of fused-ring (bicyclic) bond motifs is 20. The smallest absolute Gasteiger partial charge is 0.339 e. The standard InChI is InChI=1S/C74H72N8O14S4/c1-8-9-10-11-12-13-14-15-16-23-38-97(86,87)46-30-34-50-57(39-46)68-78-66(50)80-69-58-40-47(98(88,89)61-27-20-17-24-54(61)72(83)94-43(2)3)31-35-51(58)64(76-69)75-65-52-36-32-48(99(90,91)62-28-21-18-25-55(62)73(84)95-44(4)5)41-59(52)70(77-65)82-71-60-42-49(33-37-53(60)67(79-68)81-71)100(92,93)63-29-22-19-26-56(63)74(85)96-45(6)7/h17-22,24-37,39-45H,8-16,23,38H2,1-7H3,(H2,75,76,77,78,79,80,81,82). The Kier molecular flexibility index (Phi) is 19.9. The van der Waals surface area contributed by atoms with Gasteiger partial charge in [0.2, 0.25) is 29.5 Å². The first-order valence-corrected chi connectivity index (χ1v) is 39.1. The van der Waals surface area contributed by atoms with Crippen LogP contribution in [0.15, 0.2) is 180 Å². The zero-order valence-corrected chi connectivity index (χ0v) is 59.2. The van der Waals surface area contributed by atoms with E-state index >= 15 is 0 Å². The highest BCUT2D eigenvalue weighted by atomic mass is 32.2. The second kappa shape index (κ2) is 28.4. The van der Waals surface area contributed by atoms with Crippen LogP contribution in [0.1, 0.15) is 144 Å². The van der Waals surface area contributed by atoms with Crippen LogP contribution >= 0.6 is 0 Å². The molecule has 7 aromatic carbocycles. The molecule has 100 heavy (non-hydrogen) atoms. The van der Waals surface area contributed by atoms with E-state index in [0.29, 0.717) is 18.2 Å². The van der Waals surface area contributed by atoms with Crippen LogP contribution in [0.5, 0.6) is 0 Å². The molecule has 0 unspecified atom stereocenters. The van der Waals surface area contributed by atoms with E-state index in [1.807, 2.05) is 0 Å². The predicted molar refractivity (Wildman–Crippen MR) is 377 cm³/mol. The number of benzene rings is 7. The first-order valence-electron chi connectivity index (χ1n) is 33.0. The van der Waals surface area contributed by atoms with Gasteiger partial charge >= 0.3 is 17.9 Å². The summed E-state index contributed by atoms with van der Waals surface area (Å²) in [5.74, 6) is -3.03. The van der Waals surface area contributed by atoms with Crippen LogP contribution in [0, 0.1) is 0 Å². The minimum atomic E-state index is -4.58. The van der Waals surface area contributed by atoms with E-state index in [9.17, 15) is 48.1 Å². The molecule has 0 atom stereocenters. The van der Waals surface area contributed by atoms with Gasteiger partial charge in [0, 0.05) is 43.8 Å². The van der Waals surface area contributed by atoms with Crippen LogP contribution in [0.4, 0.5) is 0 Å². The van der Waals surface area contributed by atoms with Gasteiger partial charge in [-0.3, -0.25) is 0 Å². The minimum Gasteiger partial charge on any atom is -0.459 e. The van der Waals surface area contributed by atoms with Crippen molar-refractivity contribution in [2.24, 2.45) is 0 Å². The Morgan fingerprint density at radius 1 is 0.350 bits per heavy atom. The van der Waals surface area contributed by atoms with Crippen molar-refractivity contribution < 1.29 is 62.3 Å². The quantitative estimate of drug-likeness (QED) is 0.0322. The number of nitrogens with one attached hydrogen (secondary N) is 2. The lowest BCUT2D eigenvalue weighted by Gasteiger charge is -2.13. The van der Waals surface area contributed by atoms with Gasteiger partial charge in [-0.2, -0.15) is 0 Å². The predicted octanol–water partition coefficient (Wildman–Crippen LogP) is 14.8. The van der Waals surface area contributed by atoms with Crippen molar-refractivity contribution in [1.29, 1.82) is 0 Å². The summed E-state index contributed by atoms with van der Waals surface area (Å²) in [4.78, 5) is 75.3. The van der Waals surface area contributed by atoms with E-state index in [-0.39, 0.29) is 141 Å². The molecule has 0 aliphatic carbocycles. The number of esters is 3. The van der Waals surface area contributed by atoms with Crippen molar-refractivity contribution in [3.63, 3.8) is 0 Å². The average Bonchev–Trinajstić information content (AvgIpc) is 1.54. The van der Waals surface area contributed by atoms with Crippen LogP contribution in [0.25, 0.3) is 89.7 Å². The SMILES string of the molecule is CCCCCCCCCCCCS(=O)(=O)c1ccc2c3nc4nc(nc5[nH]c(nc6nc(nc([nH]3)c2c1)-c1ccc(S(=O)(=O)c2ccccc2C(=O)OC(C)C)cc1-6)c1cc(S(=O)(=O)c2ccccc2C(=O)OC(C)C)ccc51)-c1ccc(S(=O)(=O)c2ccccc2C(=O)OC(C)C)cc1-4. The lowest BCUT2D eigenvalue weighted by atomic mass is 10.1. The number of ether oxygens (including phenoxy) is 3. The molecule has 0 saturated heterocycles. The van der Waals surface area contributed by atoms with Crippen molar-refractivity contribution in [2.75, 3.05) is 5.75 Å². The Morgan fingerprint density at radius 2 is 0.660 bits per heavy atom. The summed E-state index contributed by atoms with van der Waals surface area (Å²) in [5, 5.41) is 0.996. The third kappa shape index (κ3) is 14.1. The zero-order chi connectivity index (χ0) is 71.0. The molecule has 2 N–H and O–H groups in total. The molecular formula is C74H72N8O14S4. The first-order chi connectivity index (χ1) is 47.7. The second-order valence-corrected chi connectivity index (χ2v) is 33.2. The van der Waals surface area contributed by atoms with Crippen molar-refractivity contribution >= 4 is 101 Å². The fourth-order valence-electron chi connectivity index (χ4n) is 12.1. The molecule has 516 valence electrons. The maximum atomic E-state index is 15.0. The lowest BCUT2D eigenvalue weighted by molar-refractivity contribution is 0.0363. The maximum Gasteiger partial charge on any atom is 0.339 e. The first kappa shape index (κ1) is 70.0. The van der Waals surface area contributed by atoms with Crippen LogP contribution in [0.3, 0.4) is 0 Å². The number of H-pyrrole nitrogens is 2. The number of rotatable bonds is 24. The van der Waals surface area contributed by atoms with Gasteiger partial charge in [0.15, 0.2) is 33.1 Å². The van der Waals surface area contributed by atoms with Gasteiger partial charge in [-0.15, -0.1) is 0 Å². The van der Waals surface area contributed by atoms with Crippen LogP contribution in [0.2, 0.25) is 0 Å². The molecule has 12 rings (SSSR count). The molecule has 2 aliphatic rings. The number of aromatic nitrogens is 8. The monoisotopic (exact) mass is 1420 g/mol. The summed E-state index contributed by atoms with van der Waals surface area (Å²) in [6.07, 6.45) is 8.28. The van der Waals surface area contributed by atoms with Gasteiger partial charge in [0.05, 0.1) is 75.0 Å². The molecule has 2 aliphatic heterocycles. The number of carbonyl (C=O) groups is 3. The fourth-order valence-corrected chi connectivity index (χ4v) is 17.9. The topological polar surface area (TPSA) is 324 Å². The van der Waals surface area contributed by atoms with Gasteiger partial charge in [-0.05, 0) is 157 Å². The molecule has 3 aromatic heterocycles. The molecule has 22 nitrogen and oxygen atoms in total. The van der Waals surface area contributed by atoms with Crippen molar-refractivity contribution in [1.82, 2.24) is 39.9 Å². The van der Waals surface area contributed by atoms with E-state index in [1.165, 1.54) is 165 Å². The fraction of sp³-hybridized carbons (Fsp3) is 0.284. The minimum absolute atomic E-state index is 0.00726. The zero-order valence-electron chi connectivity index (χ0n) is 55.9. The lowest BCUT2D eigenvalue weighted by Crippen LogP contribution is -2.15. The van der Waals surface area contributed by atoms with Gasteiger partial charge < -0.3 is 24.2 Å². The highest BCUT2D eigenvalue weighted by molar-refractivity contribution is 7.92. The summed E-state index contributed by atoms with van der Waals surface area (Å²) < 4.78 is 135. The van der Waals surface area contributed by atoms with E-state index in [0.717, 1.165) is 25.7 Å². The molecule has 26 heteroatoms. The number of aromatic amines is 2. The summed E-state index contributed by atoms with van der Waals surface area (Å²) in [6.45, 7) is 12.0. The third-order valence-corrected chi connectivity index (χ3v) is 24.2. The van der Waals surface area contributed by atoms with Crippen LogP contribution in [-0.2, 0) is 53.6 Å². The summed E-state index contributed by atoms with van der Waals surface area (Å²) in [7, 11) is -17.6. The Balaban J connectivity index is 1.11. The Labute approximate surface area is 578 Å². The Bertz CT molecular complexity index is 5620. The molecule has 8 bridgehead atoms. The molecule has 0 amide bonds. The third-order valence-electron chi connectivity index (χ3n) is 17.0. The van der Waals surface area contributed by atoms with Gasteiger partial charge in [0.1, 0.15) is 22.6 Å². The van der Waals surface area contributed by atoms with E-state index in [2.05, 4.69) is 16.9 Å².